The van der Waals surface area contributed by atoms with Crippen molar-refractivity contribution in [2.45, 2.75) is 32.7 Å². The number of hydrogen-bond donors (Lipinski definition) is 1. The number of carbonyl (C=O) groups is 1. The smallest absolute Gasteiger partial charge is 0.309 e. The lowest BCUT2D eigenvalue weighted by atomic mass is 10.0. The molecule has 18 heavy (non-hydrogen) atoms. The van der Waals surface area contributed by atoms with Gasteiger partial charge in [-0.2, -0.15) is 0 Å². The zero-order chi connectivity index (χ0) is 13.0. The molecular weight excluding hydrogens is 226 g/mol. The molecule has 1 fully saturated rings. The van der Waals surface area contributed by atoms with Crippen LogP contribution in [0.4, 0.5) is 0 Å². The van der Waals surface area contributed by atoms with Crippen LogP contribution in [0.5, 0.6) is 0 Å². The third-order valence-corrected chi connectivity index (χ3v) is 3.65. The number of benzene rings is 1. The highest BCUT2D eigenvalue weighted by Crippen LogP contribution is 2.44. The summed E-state index contributed by atoms with van der Waals surface area (Å²) in [7, 11) is 1.43. The maximum Gasteiger partial charge on any atom is 0.309 e. The molecule has 2 rings (SSSR count). The van der Waals surface area contributed by atoms with Crippen LogP contribution in [0.25, 0.3) is 0 Å². The van der Waals surface area contributed by atoms with Crippen molar-refractivity contribution in [1.82, 2.24) is 5.32 Å². The van der Waals surface area contributed by atoms with Crippen molar-refractivity contribution in [2.75, 3.05) is 13.7 Å². The Morgan fingerprint density at radius 1 is 1.33 bits per heavy atom. The number of ether oxygens (including phenoxy) is 1. The van der Waals surface area contributed by atoms with Gasteiger partial charge in [-0.25, -0.2) is 0 Å². The van der Waals surface area contributed by atoms with Crippen LogP contribution in [0.1, 0.15) is 30.9 Å². The van der Waals surface area contributed by atoms with E-state index in [2.05, 4.69) is 18.3 Å². The molecule has 0 aromatic heterocycles. The van der Waals surface area contributed by atoms with Crippen molar-refractivity contribution in [3.05, 3.63) is 35.4 Å². The molecule has 0 bridgehead atoms. The summed E-state index contributed by atoms with van der Waals surface area (Å²) < 4.78 is 4.72. The minimum absolute atomic E-state index is 0.184. The molecule has 3 heteroatoms. The summed E-state index contributed by atoms with van der Waals surface area (Å²) >= 11 is 0. The maximum absolute atomic E-state index is 11.3. The highest BCUT2D eigenvalue weighted by atomic mass is 16.5. The third-order valence-electron chi connectivity index (χ3n) is 3.65. The van der Waals surface area contributed by atoms with Gasteiger partial charge in [-0.1, -0.05) is 31.2 Å². The number of carbonyl (C=O) groups excluding carboxylic acids is 1. The average molecular weight is 247 g/mol. The van der Waals surface area contributed by atoms with Gasteiger partial charge in [0.1, 0.15) is 0 Å². The second-order valence-corrected chi connectivity index (χ2v) is 5.44. The summed E-state index contributed by atoms with van der Waals surface area (Å²) in [6.07, 6.45) is 3.00. The highest BCUT2D eigenvalue weighted by Gasteiger charge is 2.36. The van der Waals surface area contributed by atoms with Crippen LogP contribution in [0, 0.1) is 5.41 Å². The number of esters is 1. The quantitative estimate of drug-likeness (QED) is 0.784. The molecule has 3 nitrogen and oxygen atoms in total. The van der Waals surface area contributed by atoms with Crippen LogP contribution in [0.15, 0.2) is 24.3 Å². The minimum Gasteiger partial charge on any atom is -0.469 e. The van der Waals surface area contributed by atoms with Crippen molar-refractivity contribution >= 4 is 5.97 Å². The van der Waals surface area contributed by atoms with Gasteiger partial charge in [0.25, 0.3) is 0 Å². The molecule has 1 saturated carbocycles. The van der Waals surface area contributed by atoms with E-state index in [1.165, 1.54) is 25.5 Å². The maximum atomic E-state index is 11.3. The Hall–Kier alpha value is -1.35. The van der Waals surface area contributed by atoms with E-state index < -0.39 is 0 Å². The second kappa shape index (κ2) is 5.53. The Morgan fingerprint density at radius 2 is 2.00 bits per heavy atom. The van der Waals surface area contributed by atoms with E-state index in [4.69, 9.17) is 4.74 Å². The SMILES string of the molecule is COC(=O)Cc1ccccc1CNCC1(C)CC1. The van der Waals surface area contributed by atoms with Crippen molar-refractivity contribution in [1.29, 1.82) is 0 Å². The highest BCUT2D eigenvalue weighted by molar-refractivity contribution is 5.72. The number of nitrogens with one attached hydrogen (secondary N) is 1. The van der Waals surface area contributed by atoms with Gasteiger partial charge in [-0.15, -0.1) is 0 Å². The predicted octanol–water partition coefficient (Wildman–Crippen LogP) is 2.29. The molecule has 1 aliphatic rings. The largest absolute Gasteiger partial charge is 0.469 e. The molecule has 0 heterocycles. The second-order valence-electron chi connectivity index (χ2n) is 5.44. The average Bonchev–Trinajstić information content (AvgIpc) is 3.09. The lowest BCUT2D eigenvalue weighted by molar-refractivity contribution is -0.139. The zero-order valence-electron chi connectivity index (χ0n) is 11.2. The van der Waals surface area contributed by atoms with Crippen molar-refractivity contribution in [3.8, 4) is 0 Å². The van der Waals surface area contributed by atoms with Crippen LogP contribution in [0.2, 0.25) is 0 Å². The first kappa shape index (κ1) is 13.1. The van der Waals surface area contributed by atoms with Gasteiger partial charge < -0.3 is 10.1 Å². The fourth-order valence-corrected chi connectivity index (χ4v) is 2.02. The summed E-state index contributed by atoms with van der Waals surface area (Å²) in [5, 5.41) is 3.48. The molecule has 1 aromatic rings. The van der Waals surface area contributed by atoms with Crippen LogP contribution < -0.4 is 5.32 Å². The predicted molar refractivity (Wildman–Crippen MR) is 71.2 cm³/mol. The topological polar surface area (TPSA) is 38.3 Å². The molecule has 0 aliphatic heterocycles. The fourth-order valence-electron chi connectivity index (χ4n) is 2.02. The summed E-state index contributed by atoms with van der Waals surface area (Å²) in [5.74, 6) is -0.184. The first-order valence-corrected chi connectivity index (χ1v) is 6.47. The molecule has 0 atom stereocenters. The lowest BCUT2D eigenvalue weighted by Gasteiger charge is -2.12. The van der Waals surface area contributed by atoms with Gasteiger partial charge in [-0.3, -0.25) is 4.79 Å². The van der Waals surface area contributed by atoms with Gasteiger partial charge in [0.2, 0.25) is 0 Å². The van der Waals surface area contributed by atoms with Crippen LogP contribution in [0.3, 0.4) is 0 Å². The molecular formula is C15H21NO2. The van der Waals surface area contributed by atoms with Gasteiger partial charge in [-0.05, 0) is 29.4 Å². The molecule has 0 spiro atoms. The number of methoxy groups -OCH3 is 1. The molecule has 1 N–H and O–H groups in total. The molecule has 98 valence electrons. The van der Waals surface area contributed by atoms with Crippen LogP contribution >= 0.6 is 0 Å². The molecule has 0 saturated heterocycles. The first-order valence-electron chi connectivity index (χ1n) is 6.47. The van der Waals surface area contributed by atoms with Gasteiger partial charge in [0.15, 0.2) is 0 Å². The molecule has 1 aromatic carbocycles. The van der Waals surface area contributed by atoms with E-state index >= 15 is 0 Å². The Morgan fingerprint density at radius 3 is 2.61 bits per heavy atom. The van der Waals surface area contributed by atoms with Crippen LogP contribution in [-0.4, -0.2) is 19.6 Å². The zero-order valence-corrected chi connectivity index (χ0v) is 11.2. The Labute approximate surface area is 109 Å². The first-order chi connectivity index (χ1) is 8.63. The van der Waals surface area contributed by atoms with E-state index in [0.717, 1.165) is 18.7 Å². The summed E-state index contributed by atoms with van der Waals surface area (Å²) in [6.45, 7) is 4.18. The normalized spacial score (nSPS) is 16.3. The monoisotopic (exact) mass is 247 g/mol. The Balaban J connectivity index is 1.91. The summed E-state index contributed by atoms with van der Waals surface area (Å²) in [5.41, 5.74) is 2.75. The van der Waals surface area contributed by atoms with Crippen LogP contribution in [-0.2, 0) is 22.5 Å². The van der Waals surface area contributed by atoms with Crippen molar-refractivity contribution in [3.63, 3.8) is 0 Å². The van der Waals surface area contributed by atoms with Gasteiger partial charge >= 0.3 is 5.97 Å². The standard InChI is InChI=1S/C15H21NO2/c1-15(7-8-15)11-16-10-13-6-4-3-5-12(13)9-14(17)18-2/h3-6,16H,7-11H2,1-2H3. The van der Waals surface area contributed by atoms with E-state index in [1.807, 2.05) is 18.2 Å². The fraction of sp³-hybridized carbons (Fsp3) is 0.533. The molecule has 0 radical (unpaired) electrons. The van der Waals surface area contributed by atoms with Crippen molar-refractivity contribution in [2.24, 2.45) is 5.41 Å². The lowest BCUT2D eigenvalue weighted by Crippen LogP contribution is -2.22. The summed E-state index contributed by atoms with van der Waals surface area (Å²) in [6, 6.07) is 8.04. The van der Waals surface area contributed by atoms with Gasteiger partial charge in [0.05, 0.1) is 13.5 Å². The Kier molecular flexibility index (Phi) is 4.02. The minimum atomic E-state index is -0.184. The molecule has 1 aliphatic carbocycles. The molecule has 0 unspecified atom stereocenters. The molecule has 0 amide bonds. The Bertz CT molecular complexity index is 424. The van der Waals surface area contributed by atoms with Gasteiger partial charge in [0, 0.05) is 13.1 Å². The number of rotatable bonds is 6. The third kappa shape index (κ3) is 3.57. The summed E-state index contributed by atoms with van der Waals surface area (Å²) in [4.78, 5) is 11.3. The van der Waals surface area contributed by atoms with E-state index in [0.29, 0.717) is 11.8 Å². The van der Waals surface area contributed by atoms with E-state index in [-0.39, 0.29) is 5.97 Å². The van der Waals surface area contributed by atoms with Crippen molar-refractivity contribution < 1.29 is 9.53 Å². The number of hydrogen-bond acceptors (Lipinski definition) is 3. The van der Waals surface area contributed by atoms with E-state index in [1.54, 1.807) is 0 Å². The van der Waals surface area contributed by atoms with E-state index in [9.17, 15) is 4.79 Å².